The second-order valence-corrected chi connectivity index (χ2v) is 7.87. The third-order valence-electron chi connectivity index (χ3n) is 5.99. The Kier molecular flexibility index (Phi) is 7.36. The van der Waals surface area contributed by atoms with Crippen LogP contribution in [0.25, 0.3) is 0 Å². The summed E-state index contributed by atoms with van der Waals surface area (Å²) in [6.07, 6.45) is 10.9. The molecular weight excluding hydrogens is 324 g/mol. The molecule has 1 aliphatic carbocycles. The largest absolute Gasteiger partial charge is 0.378 e. The van der Waals surface area contributed by atoms with Gasteiger partial charge in [-0.15, -0.1) is 0 Å². The fraction of sp³-hybridized carbons (Fsp3) is 0.682. The maximum absolute atomic E-state index is 12.3. The number of urea groups is 1. The van der Waals surface area contributed by atoms with Crippen molar-refractivity contribution in [3.63, 3.8) is 0 Å². The van der Waals surface area contributed by atoms with Crippen LogP contribution in [0.5, 0.6) is 0 Å². The van der Waals surface area contributed by atoms with Crippen LogP contribution < -0.4 is 5.32 Å². The van der Waals surface area contributed by atoms with Crippen molar-refractivity contribution in [3.05, 3.63) is 29.8 Å². The molecule has 0 atom stereocenters. The van der Waals surface area contributed by atoms with Gasteiger partial charge >= 0.3 is 6.03 Å². The topological polar surface area (TPSA) is 41.6 Å². The quantitative estimate of drug-likeness (QED) is 0.691. The smallest absolute Gasteiger partial charge is 0.321 e. The highest BCUT2D eigenvalue weighted by molar-refractivity contribution is 5.89. The van der Waals surface area contributed by atoms with Gasteiger partial charge in [0.05, 0.1) is 13.2 Å². The van der Waals surface area contributed by atoms with Gasteiger partial charge in [-0.05, 0) is 55.2 Å². The highest BCUT2D eigenvalue weighted by Crippen LogP contribution is 2.38. The number of amides is 2. The minimum Gasteiger partial charge on any atom is -0.378 e. The highest BCUT2D eigenvalue weighted by atomic mass is 16.5. The lowest BCUT2D eigenvalue weighted by atomic mass is 9.77. The van der Waals surface area contributed by atoms with E-state index in [0.717, 1.165) is 11.6 Å². The van der Waals surface area contributed by atoms with Gasteiger partial charge in [0.15, 0.2) is 0 Å². The van der Waals surface area contributed by atoms with E-state index in [0.29, 0.717) is 32.2 Å². The van der Waals surface area contributed by atoms with Gasteiger partial charge in [-0.3, -0.25) is 0 Å². The summed E-state index contributed by atoms with van der Waals surface area (Å²) in [5.41, 5.74) is 2.32. The van der Waals surface area contributed by atoms with Crippen molar-refractivity contribution in [2.24, 2.45) is 5.92 Å². The van der Waals surface area contributed by atoms with Crippen LogP contribution >= 0.6 is 0 Å². The molecule has 4 heteroatoms. The lowest BCUT2D eigenvalue weighted by Gasteiger charge is -2.29. The number of hydrogen-bond donors (Lipinski definition) is 1. The fourth-order valence-electron chi connectivity index (χ4n) is 4.28. The Bertz CT molecular complexity index is 544. The second-order valence-electron chi connectivity index (χ2n) is 7.87. The summed E-state index contributed by atoms with van der Waals surface area (Å²) in [4.78, 5) is 14.1. The van der Waals surface area contributed by atoms with E-state index in [4.69, 9.17) is 4.74 Å². The van der Waals surface area contributed by atoms with Crippen LogP contribution in [0.3, 0.4) is 0 Å². The molecule has 1 aliphatic heterocycles. The maximum atomic E-state index is 12.3. The van der Waals surface area contributed by atoms with Crippen molar-refractivity contribution >= 4 is 11.7 Å². The number of unbranched alkanes of at least 4 members (excludes halogenated alkanes) is 2. The second kappa shape index (κ2) is 9.96. The van der Waals surface area contributed by atoms with Gasteiger partial charge in [0, 0.05) is 18.8 Å². The Balaban J connectivity index is 1.45. The molecule has 4 nitrogen and oxygen atoms in total. The number of carbonyl (C=O) groups is 1. The van der Waals surface area contributed by atoms with Crippen molar-refractivity contribution in [3.8, 4) is 0 Å². The van der Waals surface area contributed by atoms with Crippen LogP contribution in [-0.2, 0) is 4.74 Å². The Morgan fingerprint density at radius 2 is 1.77 bits per heavy atom. The molecule has 1 heterocycles. The van der Waals surface area contributed by atoms with Gasteiger partial charge in [0.1, 0.15) is 0 Å². The minimum absolute atomic E-state index is 0.0198. The molecule has 0 radical (unpaired) electrons. The van der Waals surface area contributed by atoms with Gasteiger partial charge < -0.3 is 15.0 Å². The zero-order valence-corrected chi connectivity index (χ0v) is 16.2. The predicted molar refractivity (Wildman–Crippen MR) is 107 cm³/mol. The molecule has 0 bridgehead atoms. The summed E-state index contributed by atoms with van der Waals surface area (Å²) in [7, 11) is 0. The number of rotatable bonds is 6. The number of hydrogen-bond acceptors (Lipinski definition) is 2. The molecule has 0 spiro atoms. The average molecular weight is 359 g/mol. The molecule has 0 aromatic heterocycles. The van der Waals surface area contributed by atoms with Crippen molar-refractivity contribution in [2.75, 3.05) is 31.6 Å². The number of morpholine rings is 1. The summed E-state index contributed by atoms with van der Waals surface area (Å²) in [6, 6.07) is 8.50. The van der Waals surface area contributed by atoms with Crippen LogP contribution in [0.4, 0.5) is 10.5 Å². The van der Waals surface area contributed by atoms with Crippen molar-refractivity contribution in [2.45, 2.75) is 64.2 Å². The Morgan fingerprint density at radius 1 is 1.08 bits per heavy atom. The lowest BCUT2D eigenvalue weighted by Crippen LogP contribution is -2.43. The molecule has 2 aliphatic rings. The van der Waals surface area contributed by atoms with E-state index in [1.807, 2.05) is 4.90 Å². The Labute approximate surface area is 158 Å². The maximum Gasteiger partial charge on any atom is 0.321 e. The molecule has 144 valence electrons. The zero-order valence-electron chi connectivity index (χ0n) is 16.2. The summed E-state index contributed by atoms with van der Waals surface area (Å²) in [6.45, 7) is 4.89. The molecule has 1 saturated carbocycles. The van der Waals surface area contributed by atoms with Crippen LogP contribution in [0, 0.1) is 5.92 Å². The third kappa shape index (κ3) is 5.47. The standard InChI is InChI=1S/C22H34N2O2/c1-2-3-4-5-18-6-8-19(9-7-18)20-10-12-21(13-11-20)23-22(25)24-14-16-26-17-15-24/h10-13,18-19H,2-9,14-17H2,1H3,(H,23,25). The molecule has 1 aromatic rings. The van der Waals surface area contributed by atoms with Gasteiger partial charge in [0.2, 0.25) is 0 Å². The number of nitrogens with zero attached hydrogens (tertiary/aromatic N) is 1. The first-order valence-electron chi connectivity index (χ1n) is 10.5. The van der Waals surface area contributed by atoms with E-state index in [2.05, 4.69) is 36.5 Å². The van der Waals surface area contributed by atoms with Crippen LogP contribution in [0.1, 0.15) is 69.8 Å². The van der Waals surface area contributed by atoms with Crippen molar-refractivity contribution in [1.82, 2.24) is 4.90 Å². The summed E-state index contributed by atoms with van der Waals surface area (Å²) in [5, 5.41) is 3.01. The highest BCUT2D eigenvalue weighted by Gasteiger charge is 2.22. The van der Waals surface area contributed by atoms with E-state index >= 15 is 0 Å². The zero-order chi connectivity index (χ0) is 18.2. The third-order valence-corrected chi connectivity index (χ3v) is 5.99. The summed E-state index contributed by atoms with van der Waals surface area (Å²) in [5.74, 6) is 1.64. The number of anilines is 1. The van der Waals surface area contributed by atoms with Crippen LogP contribution in [0.15, 0.2) is 24.3 Å². The first kappa shape index (κ1) is 19.2. The van der Waals surface area contributed by atoms with Gasteiger partial charge in [0.25, 0.3) is 0 Å². The van der Waals surface area contributed by atoms with Gasteiger partial charge in [-0.2, -0.15) is 0 Å². The summed E-state index contributed by atoms with van der Waals surface area (Å²) >= 11 is 0. The molecule has 26 heavy (non-hydrogen) atoms. The van der Waals surface area contributed by atoms with E-state index < -0.39 is 0 Å². The van der Waals surface area contributed by atoms with Crippen LogP contribution in [0.2, 0.25) is 0 Å². The van der Waals surface area contributed by atoms with E-state index in [-0.39, 0.29) is 6.03 Å². The SMILES string of the molecule is CCCCCC1CCC(c2ccc(NC(=O)N3CCOCC3)cc2)CC1. The molecule has 1 saturated heterocycles. The first-order chi connectivity index (χ1) is 12.8. The Morgan fingerprint density at radius 3 is 2.42 bits per heavy atom. The normalized spacial score (nSPS) is 23.7. The van der Waals surface area contributed by atoms with Crippen molar-refractivity contribution < 1.29 is 9.53 Å². The number of benzene rings is 1. The van der Waals surface area contributed by atoms with E-state index in [9.17, 15) is 4.79 Å². The lowest BCUT2D eigenvalue weighted by molar-refractivity contribution is 0.0564. The van der Waals surface area contributed by atoms with E-state index in [1.54, 1.807) is 0 Å². The molecule has 2 fully saturated rings. The monoisotopic (exact) mass is 358 g/mol. The van der Waals surface area contributed by atoms with Gasteiger partial charge in [-0.25, -0.2) is 4.79 Å². The fourth-order valence-corrected chi connectivity index (χ4v) is 4.28. The molecule has 1 aromatic carbocycles. The molecular formula is C22H34N2O2. The molecule has 0 unspecified atom stereocenters. The molecule has 1 N–H and O–H groups in total. The molecule has 2 amide bonds. The number of nitrogens with one attached hydrogen (secondary N) is 1. The molecule has 3 rings (SSSR count). The van der Waals surface area contributed by atoms with E-state index in [1.165, 1.54) is 56.9 Å². The Hall–Kier alpha value is -1.55. The number of carbonyl (C=O) groups excluding carboxylic acids is 1. The van der Waals surface area contributed by atoms with Crippen molar-refractivity contribution in [1.29, 1.82) is 0 Å². The average Bonchev–Trinajstić information content (AvgIpc) is 2.70. The predicted octanol–water partition coefficient (Wildman–Crippen LogP) is 5.40. The van der Waals surface area contributed by atoms with Crippen LogP contribution in [-0.4, -0.2) is 37.2 Å². The first-order valence-corrected chi connectivity index (χ1v) is 10.5. The minimum atomic E-state index is -0.0198. The summed E-state index contributed by atoms with van der Waals surface area (Å²) < 4.78 is 5.30. The number of ether oxygens (including phenoxy) is 1. The van der Waals surface area contributed by atoms with Gasteiger partial charge in [-0.1, -0.05) is 44.7 Å².